The van der Waals surface area contributed by atoms with Crippen molar-refractivity contribution >= 4 is 23.2 Å². The molecular formula is C14H21Cl2N. The highest BCUT2D eigenvalue weighted by Crippen LogP contribution is 2.24. The Bertz CT molecular complexity index is 339. The Morgan fingerprint density at radius 1 is 1.24 bits per heavy atom. The minimum Gasteiger partial charge on any atom is -0.317 e. The minimum atomic E-state index is 0.635. The first-order valence-corrected chi connectivity index (χ1v) is 7.07. The molecule has 1 rings (SSSR count). The van der Waals surface area contributed by atoms with Crippen molar-refractivity contribution in [1.29, 1.82) is 0 Å². The summed E-state index contributed by atoms with van der Waals surface area (Å²) in [6.45, 7) is 6.42. The van der Waals surface area contributed by atoms with E-state index in [1.807, 2.05) is 18.2 Å². The number of hydrogen-bond acceptors (Lipinski definition) is 1. The van der Waals surface area contributed by atoms with E-state index in [2.05, 4.69) is 19.2 Å². The van der Waals surface area contributed by atoms with Crippen molar-refractivity contribution in [3.63, 3.8) is 0 Å². The van der Waals surface area contributed by atoms with Gasteiger partial charge in [-0.2, -0.15) is 0 Å². The van der Waals surface area contributed by atoms with Crippen LogP contribution in [0.5, 0.6) is 0 Å². The second kappa shape index (κ2) is 7.97. The van der Waals surface area contributed by atoms with Crippen molar-refractivity contribution in [2.75, 3.05) is 13.1 Å². The molecule has 1 aromatic carbocycles. The van der Waals surface area contributed by atoms with Gasteiger partial charge in [-0.3, -0.25) is 0 Å². The lowest BCUT2D eigenvalue weighted by Gasteiger charge is -2.17. The fourth-order valence-electron chi connectivity index (χ4n) is 2.04. The van der Waals surface area contributed by atoms with Gasteiger partial charge in [0.1, 0.15) is 0 Å². The summed E-state index contributed by atoms with van der Waals surface area (Å²) in [6.07, 6.45) is 3.42. The molecule has 0 saturated carbocycles. The maximum atomic E-state index is 6.20. The quantitative estimate of drug-likeness (QED) is 0.768. The lowest BCUT2D eigenvalue weighted by molar-refractivity contribution is 0.444. The second-order valence-corrected chi connectivity index (χ2v) is 5.25. The van der Waals surface area contributed by atoms with Crippen molar-refractivity contribution in [3.8, 4) is 0 Å². The molecule has 0 fully saturated rings. The van der Waals surface area contributed by atoms with E-state index in [1.54, 1.807) is 0 Å². The zero-order chi connectivity index (χ0) is 12.7. The van der Waals surface area contributed by atoms with E-state index in [-0.39, 0.29) is 0 Å². The molecule has 1 nitrogen and oxygen atoms in total. The van der Waals surface area contributed by atoms with Crippen LogP contribution in [0.4, 0.5) is 0 Å². The van der Waals surface area contributed by atoms with Gasteiger partial charge >= 0.3 is 0 Å². The van der Waals surface area contributed by atoms with Gasteiger partial charge in [0, 0.05) is 10.0 Å². The van der Waals surface area contributed by atoms with Crippen LogP contribution >= 0.6 is 23.2 Å². The summed E-state index contributed by atoms with van der Waals surface area (Å²) in [7, 11) is 0. The molecule has 0 aliphatic carbocycles. The lowest BCUT2D eigenvalue weighted by Crippen LogP contribution is -2.24. The number of halogens is 2. The zero-order valence-corrected chi connectivity index (χ0v) is 12.1. The van der Waals surface area contributed by atoms with E-state index in [0.717, 1.165) is 35.1 Å². The molecule has 0 heterocycles. The molecule has 1 aromatic rings. The van der Waals surface area contributed by atoms with E-state index >= 15 is 0 Å². The van der Waals surface area contributed by atoms with E-state index in [1.165, 1.54) is 12.8 Å². The first-order chi connectivity index (χ1) is 8.17. The summed E-state index contributed by atoms with van der Waals surface area (Å²) in [4.78, 5) is 0. The Morgan fingerprint density at radius 2 is 2.00 bits per heavy atom. The molecule has 0 radical (unpaired) electrons. The topological polar surface area (TPSA) is 12.0 Å². The molecule has 0 saturated heterocycles. The number of nitrogens with one attached hydrogen (secondary N) is 1. The Kier molecular flexibility index (Phi) is 6.94. The van der Waals surface area contributed by atoms with Crippen LogP contribution in [-0.4, -0.2) is 13.1 Å². The summed E-state index contributed by atoms with van der Waals surface area (Å²) < 4.78 is 0. The summed E-state index contributed by atoms with van der Waals surface area (Å²) >= 11 is 12.2. The predicted octanol–water partition coefficient (Wildman–Crippen LogP) is 4.56. The monoisotopic (exact) mass is 273 g/mol. The van der Waals surface area contributed by atoms with Gasteiger partial charge in [-0.25, -0.2) is 0 Å². The van der Waals surface area contributed by atoms with Gasteiger partial charge in [-0.15, -0.1) is 0 Å². The van der Waals surface area contributed by atoms with E-state index < -0.39 is 0 Å². The van der Waals surface area contributed by atoms with Gasteiger partial charge in [0.2, 0.25) is 0 Å². The van der Waals surface area contributed by atoms with Crippen LogP contribution in [0, 0.1) is 5.92 Å². The highest BCUT2D eigenvalue weighted by atomic mass is 35.5. The average Bonchev–Trinajstić information content (AvgIpc) is 2.31. The van der Waals surface area contributed by atoms with Gasteiger partial charge in [0.15, 0.2) is 0 Å². The lowest BCUT2D eigenvalue weighted by atomic mass is 9.95. The van der Waals surface area contributed by atoms with Gasteiger partial charge in [-0.05, 0) is 55.6 Å². The standard InChI is InChI=1S/C14H21Cl2N/c1-3-5-11(10-17-4-2)8-12-9-13(15)6-7-14(12)16/h6-7,9,11,17H,3-5,8,10H2,1-2H3. The number of benzene rings is 1. The Hall–Kier alpha value is -0.240. The molecule has 1 N–H and O–H groups in total. The molecule has 0 aliphatic rings. The summed E-state index contributed by atoms with van der Waals surface area (Å²) in [6, 6.07) is 5.71. The highest BCUT2D eigenvalue weighted by Gasteiger charge is 2.11. The van der Waals surface area contributed by atoms with Gasteiger partial charge in [-0.1, -0.05) is 43.5 Å². The first-order valence-electron chi connectivity index (χ1n) is 6.32. The van der Waals surface area contributed by atoms with Gasteiger partial charge in [0.05, 0.1) is 0 Å². The fourth-order valence-corrected chi connectivity index (χ4v) is 2.43. The minimum absolute atomic E-state index is 0.635. The van der Waals surface area contributed by atoms with Crippen molar-refractivity contribution in [3.05, 3.63) is 33.8 Å². The molecule has 1 atom stereocenters. The molecule has 3 heteroatoms. The summed E-state index contributed by atoms with van der Waals surface area (Å²) in [5.74, 6) is 0.635. The van der Waals surface area contributed by atoms with Crippen LogP contribution in [0.15, 0.2) is 18.2 Å². The van der Waals surface area contributed by atoms with Crippen LogP contribution in [0.1, 0.15) is 32.3 Å². The van der Waals surface area contributed by atoms with Gasteiger partial charge < -0.3 is 5.32 Å². The second-order valence-electron chi connectivity index (χ2n) is 4.40. The summed E-state index contributed by atoms with van der Waals surface area (Å²) in [5.41, 5.74) is 1.16. The zero-order valence-electron chi connectivity index (χ0n) is 10.6. The molecule has 0 amide bonds. The van der Waals surface area contributed by atoms with E-state index in [9.17, 15) is 0 Å². The number of rotatable bonds is 7. The first kappa shape index (κ1) is 14.8. The highest BCUT2D eigenvalue weighted by molar-refractivity contribution is 6.33. The molecular weight excluding hydrogens is 253 g/mol. The van der Waals surface area contributed by atoms with Crippen molar-refractivity contribution in [2.24, 2.45) is 5.92 Å². The molecule has 1 unspecified atom stereocenters. The third-order valence-electron chi connectivity index (χ3n) is 2.90. The van der Waals surface area contributed by atoms with Crippen molar-refractivity contribution in [1.82, 2.24) is 5.32 Å². The maximum Gasteiger partial charge on any atom is 0.0439 e. The SMILES string of the molecule is CCCC(CNCC)Cc1cc(Cl)ccc1Cl. The normalized spacial score (nSPS) is 12.7. The van der Waals surface area contributed by atoms with Crippen LogP contribution in [0.25, 0.3) is 0 Å². The largest absolute Gasteiger partial charge is 0.317 e. The van der Waals surface area contributed by atoms with E-state index in [0.29, 0.717) is 5.92 Å². The van der Waals surface area contributed by atoms with Crippen molar-refractivity contribution < 1.29 is 0 Å². The van der Waals surface area contributed by atoms with E-state index in [4.69, 9.17) is 23.2 Å². The Labute approximate surface area is 115 Å². The van der Waals surface area contributed by atoms with Gasteiger partial charge in [0.25, 0.3) is 0 Å². The predicted molar refractivity (Wildman–Crippen MR) is 77.1 cm³/mol. The third-order valence-corrected chi connectivity index (χ3v) is 3.50. The molecule has 0 bridgehead atoms. The molecule has 17 heavy (non-hydrogen) atoms. The Morgan fingerprint density at radius 3 is 2.65 bits per heavy atom. The molecule has 0 aromatic heterocycles. The molecule has 0 spiro atoms. The average molecular weight is 274 g/mol. The summed E-state index contributed by atoms with van der Waals surface area (Å²) in [5, 5.41) is 5.00. The third kappa shape index (κ3) is 5.29. The maximum absolute atomic E-state index is 6.20. The molecule has 96 valence electrons. The number of hydrogen-bond donors (Lipinski definition) is 1. The van der Waals surface area contributed by atoms with Crippen LogP contribution < -0.4 is 5.32 Å². The van der Waals surface area contributed by atoms with Crippen LogP contribution in [0.2, 0.25) is 10.0 Å². The fraction of sp³-hybridized carbons (Fsp3) is 0.571. The van der Waals surface area contributed by atoms with Crippen LogP contribution in [0.3, 0.4) is 0 Å². The van der Waals surface area contributed by atoms with Crippen molar-refractivity contribution in [2.45, 2.75) is 33.1 Å². The Balaban J connectivity index is 2.67. The molecule has 0 aliphatic heterocycles. The smallest absolute Gasteiger partial charge is 0.0439 e. The van der Waals surface area contributed by atoms with Crippen LogP contribution in [-0.2, 0) is 6.42 Å².